The lowest BCUT2D eigenvalue weighted by Gasteiger charge is -2.21. The van der Waals surface area contributed by atoms with Crippen LogP contribution in [0.25, 0.3) is 11.3 Å². The minimum absolute atomic E-state index is 0.216. The van der Waals surface area contributed by atoms with E-state index in [0.717, 1.165) is 17.7 Å². The van der Waals surface area contributed by atoms with Crippen molar-refractivity contribution in [1.29, 1.82) is 5.26 Å². The topological polar surface area (TPSA) is 56.9 Å². The van der Waals surface area contributed by atoms with Gasteiger partial charge in [-0.2, -0.15) is 5.26 Å². The molecule has 120 valence electrons. The van der Waals surface area contributed by atoms with E-state index >= 15 is 0 Å². The predicted molar refractivity (Wildman–Crippen MR) is 87.3 cm³/mol. The second kappa shape index (κ2) is 6.11. The molecule has 1 unspecified atom stereocenters. The van der Waals surface area contributed by atoms with Crippen LogP contribution in [-0.2, 0) is 5.60 Å². The first-order valence-corrected chi connectivity index (χ1v) is 7.94. The van der Waals surface area contributed by atoms with Gasteiger partial charge in [-0.05, 0) is 36.8 Å². The third-order valence-corrected chi connectivity index (χ3v) is 4.74. The Bertz CT molecular complexity index is 944. The molecule has 3 nitrogen and oxygen atoms in total. The molecule has 0 bridgehead atoms. The maximum Gasteiger partial charge on any atom is 0.159 e. The highest BCUT2D eigenvalue weighted by Gasteiger charge is 2.30. The standard InChI is InChI=1S/C18H12F2N2OS/c1-18(23,13-5-6-14(19)15(20)8-13)17-22-16(10-24-17)12-4-2-3-11(7-12)9-21/h2-8,10,23H,1H3. The van der Waals surface area contributed by atoms with Crippen LogP contribution in [0.3, 0.4) is 0 Å². The van der Waals surface area contributed by atoms with Crippen LogP contribution in [0.5, 0.6) is 0 Å². The lowest BCUT2D eigenvalue weighted by Crippen LogP contribution is -2.22. The Morgan fingerprint density at radius 1 is 1.17 bits per heavy atom. The van der Waals surface area contributed by atoms with Gasteiger partial charge in [0.05, 0.1) is 17.3 Å². The number of hydrogen-bond donors (Lipinski definition) is 1. The van der Waals surface area contributed by atoms with E-state index in [-0.39, 0.29) is 5.56 Å². The molecule has 1 N–H and O–H groups in total. The number of nitriles is 1. The summed E-state index contributed by atoms with van der Waals surface area (Å²) in [6, 6.07) is 12.3. The molecule has 0 amide bonds. The van der Waals surface area contributed by atoms with Gasteiger partial charge in [0, 0.05) is 10.9 Å². The average molecular weight is 342 g/mol. The zero-order chi connectivity index (χ0) is 17.3. The van der Waals surface area contributed by atoms with Crippen molar-refractivity contribution in [2.75, 3.05) is 0 Å². The molecule has 0 radical (unpaired) electrons. The largest absolute Gasteiger partial charge is 0.378 e. The van der Waals surface area contributed by atoms with Gasteiger partial charge in [-0.1, -0.05) is 18.2 Å². The van der Waals surface area contributed by atoms with Gasteiger partial charge in [0.2, 0.25) is 0 Å². The number of thiazole rings is 1. The fraction of sp³-hybridized carbons (Fsp3) is 0.111. The highest BCUT2D eigenvalue weighted by molar-refractivity contribution is 7.10. The minimum atomic E-state index is -1.55. The van der Waals surface area contributed by atoms with Crippen LogP contribution >= 0.6 is 11.3 Å². The van der Waals surface area contributed by atoms with E-state index in [2.05, 4.69) is 11.1 Å². The smallest absolute Gasteiger partial charge is 0.159 e. The second-order valence-corrected chi connectivity index (χ2v) is 6.29. The van der Waals surface area contributed by atoms with E-state index < -0.39 is 17.2 Å². The maximum absolute atomic E-state index is 13.4. The Hall–Kier alpha value is -2.62. The van der Waals surface area contributed by atoms with Crippen LogP contribution in [0.2, 0.25) is 0 Å². The molecule has 6 heteroatoms. The van der Waals surface area contributed by atoms with Gasteiger partial charge in [0.1, 0.15) is 10.6 Å². The molecule has 0 aliphatic rings. The van der Waals surface area contributed by atoms with Crippen LogP contribution in [-0.4, -0.2) is 10.1 Å². The zero-order valence-corrected chi connectivity index (χ0v) is 13.4. The van der Waals surface area contributed by atoms with Gasteiger partial charge < -0.3 is 5.11 Å². The number of aromatic nitrogens is 1. The van der Waals surface area contributed by atoms with Crippen LogP contribution in [0.1, 0.15) is 23.1 Å². The molecule has 1 heterocycles. The Balaban J connectivity index is 1.99. The summed E-state index contributed by atoms with van der Waals surface area (Å²) in [5.41, 5.74) is 0.527. The van der Waals surface area contributed by atoms with Crippen LogP contribution < -0.4 is 0 Å². The number of nitrogens with zero attached hydrogens (tertiary/aromatic N) is 2. The maximum atomic E-state index is 13.4. The molecule has 3 rings (SSSR count). The molecule has 24 heavy (non-hydrogen) atoms. The van der Waals surface area contributed by atoms with Crippen LogP contribution in [0.4, 0.5) is 8.78 Å². The summed E-state index contributed by atoms with van der Waals surface area (Å²) in [6.07, 6.45) is 0. The molecule has 2 aromatic carbocycles. The summed E-state index contributed by atoms with van der Waals surface area (Å²) in [7, 11) is 0. The molecule has 1 aromatic heterocycles. The van der Waals surface area contributed by atoms with Gasteiger partial charge >= 0.3 is 0 Å². The van der Waals surface area contributed by atoms with Crippen molar-refractivity contribution in [3.63, 3.8) is 0 Å². The summed E-state index contributed by atoms with van der Waals surface area (Å²) in [4.78, 5) is 4.40. The van der Waals surface area contributed by atoms with Crippen molar-refractivity contribution >= 4 is 11.3 Å². The molecule has 0 spiro atoms. The van der Waals surface area contributed by atoms with Crippen molar-refractivity contribution in [2.45, 2.75) is 12.5 Å². The molecule has 0 saturated carbocycles. The van der Waals surface area contributed by atoms with Crippen molar-refractivity contribution in [1.82, 2.24) is 4.98 Å². The predicted octanol–water partition coefficient (Wildman–Crippen LogP) is 4.22. The third-order valence-electron chi connectivity index (χ3n) is 3.69. The monoisotopic (exact) mass is 342 g/mol. The lowest BCUT2D eigenvalue weighted by atomic mass is 9.96. The van der Waals surface area contributed by atoms with Gasteiger partial charge in [-0.3, -0.25) is 0 Å². The van der Waals surface area contributed by atoms with Crippen molar-refractivity contribution in [3.8, 4) is 17.3 Å². The van der Waals surface area contributed by atoms with Crippen LogP contribution in [0.15, 0.2) is 47.8 Å². The summed E-state index contributed by atoms with van der Waals surface area (Å²) in [6.45, 7) is 1.48. The Kier molecular flexibility index (Phi) is 4.14. The molecule has 3 aromatic rings. The van der Waals surface area contributed by atoms with Crippen LogP contribution in [0, 0.1) is 23.0 Å². The first-order valence-electron chi connectivity index (χ1n) is 7.06. The number of rotatable bonds is 3. The zero-order valence-electron chi connectivity index (χ0n) is 12.6. The first kappa shape index (κ1) is 16.2. The van der Waals surface area contributed by atoms with E-state index in [1.165, 1.54) is 24.3 Å². The minimum Gasteiger partial charge on any atom is -0.378 e. The fourth-order valence-corrected chi connectivity index (χ4v) is 3.21. The molecule has 1 atom stereocenters. The van der Waals surface area contributed by atoms with E-state index in [1.807, 2.05) is 6.07 Å². The highest BCUT2D eigenvalue weighted by atomic mass is 32.1. The summed E-state index contributed by atoms with van der Waals surface area (Å²) >= 11 is 1.21. The number of hydrogen-bond acceptors (Lipinski definition) is 4. The number of benzene rings is 2. The molecular formula is C18H12F2N2OS. The van der Waals surface area contributed by atoms with Gasteiger partial charge in [0.25, 0.3) is 0 Å². The number of aliphatic hydroxyl groups is 1. The molecular weight excluding hydrogens is 330 g/mol. The van der Waals surface area contributed by atoms with E-state index in [9.17, 15) is 13.9 Å². The Morgan fingerprint density at radius 2 is 1.96 bits per heavy atom. The van der Waals surface area contributed by atoms with Crippen molar-refractivity contribution in [2.24, 2.45) is 0 Å². The number of halogens is 2. The normalized spacial score (nSPS) is 13.3. The SMILES string of the molecule is CC(O)(c1ccc(F)c(F)c1)c1nc(-c2cccc(C#N)c2)cs1. The second-order valence-electron chi connectivity index (χ2n) is 5.43. The molecule has 0 aliphatic heterocycles. The Labute approximate surface area is 141 Å². The fourth-order valence-electron chi connectivity index (χ4n) is 2.30. The molecule has 0 aliphatic carbocycles. The Morgan fingerprint density at radius 3 is 2.67 bits per heavy atom. The summed E-state index contributed by atoms with van der Waals surface area (Å²) < 4.78 is 26.5. The van der Waals surface area contributed by atoms with Gasteiger partial charge in [-0.15, -0.1) is 11.3 Å². The third kappa shape index (κ3) is 2.92. The quantitative estimate of drug-likeness (QED) is 0.775. The highest BCUT2D eigenvalue weighted by Crippen LogP contribution is 2.34. The van der Waals surface area contributed by atoms with Gasteiger partial charge in [-0.25, -0.2) is 13.8 Å². The van der Waals surface area contributed by atoms with E-state index in [0.29, 0.717) is 16.3 Å². The summed E-state index contributed by atoms with van der Waals surface area (Å²) in [5, 5.41) is 21.8. The lowest BCUT2D eigenvalue weighted by molar-refractivity contribution is 0.101. The van der Waals surface area contributed by atoms with E-state index in [4.69, 9.17) is 5.26 Å². The first-order chi connectivity index (χ1) is 11.4. The van der Waals surface area contributed by atoms with Crippen molar-refractivity contribution in [3.05, 3.63) is 75.6 Å². The van der Waals surface area contributed by atoms with Gasteiger partial charge in [0.15, 0.2) is 11.6 Å². The van der Waals surface area contributed by atoms with E-state index in [1.54, 1.807) is 23.6 Å². The molecule has 0 fully saturated rings. The molecule has 0 saturated heterocycles. The van der Waals surface area contributed by atoms with Crippen molar-refractivity contribution < 1.29 is 13.9 Å². The average Bonchev–Trinajstić information content (AvgIpc) is 3.08. The summed E-state index contributed by atoms with van der Waals surface area (Å²) in [5.74, 6) is -1.99.